The van der Waals surface area contributed by atoms with E-state index in [4.69, 9.17) is 15.8 Å². The van der Waals surface area contributed by atoms with Crippen LogP contribution in [0.4, 0.5) is 5.13 Å². The predicted molar refractivity (Wildman–Crippen MR) is 134 cm³/mol. The number of carbonyl (C=O) groups is 4. The lowest BCUT2D eigenvalue weighted by atomic mass is 10.0. The lowest BCUT2D eigenvalue weighted by Crippen LogP contribution is -2.71. The molecule has 2 atom stereocenters. The molecule has 0 aliphatic carbocycles. The van der Waals surface area contributed by atoms with Crippen LogP contribution < -0.4 is 11.1 Å². The number of aliphatic carboxylic acids is 1. The number of carboxylic acid groups (broad SMARTS) is 1. The fraction of sp³-hybridized carbons (Fsp3) is 0.429. The first-order chi connectivity index (χ1) is 17.4. The van der Waals surface area contributed by atoms with Crippen molar-refractivity contribution in [3.05, 3.63) is 29.2 Å². The summed E-state index contributed by atoms with van der Waals surface area (Å²) in [7, 11) is 3.77. The molecule has 2 amide bonds. The van der Waals surface area contributed by atoms with Gasteiger partial charge in [-0.1, -0.05) is 11.2 Å². The van der Waals surface area contributed by atoms with Gasteiger partial charge in [-0.3, -0.25) is 19.3 Å². The highest BCUT2D eigenvalue weighted by Gasteiger charge is 2.54. The summed E-state index contributed by atoms with van der Waals surface area (Å²) < 4.78 is 4.31. The van der Waals surface area contributed by atoms with Crippen LogP contribution in [0.2, 0.25) is 0 Å². The van der Waals surface area contributed by atoms with Crippen molar-refractivity contribution in [1.82, 2.24) is 19.6 Å². The van der Waals surface area contributed by atoms with Gasteiger partial charge in [0.2, 0.25) is 18.1 Å². The van der Waals surface area contributed by atoms with E-state index in [1.165, 1.54) is 18.7 Å². The van der Waals surface area contributed by atoms with Crippen molar-refractivity contribution >= 4 is 57.7 Å². The van der Waals surface area contributed by atoms with Gasteiger partial charge in [-0.25, -0.2) is 4.79 Å². The number of aromatic nitrogens is 2. The molecule has 0 aromatic carbocycles. The van der Waals surface area contributed by atoms with Crippen LogP contribution >= 0.6 is 23.3 Å². The number of fused-ring (bicyclic) bond motifs is 1. The molecule has 1 aromatic heterocycles. The van der Waals surface area contributed by atoms with Gasteiger partial charge in [0.15, 0.2) is 10.9 Å². The minimum atomic E-state index is -1.27. The molecular formula is C21H25N8O6S2+. The van der Waals surface area contributed by atoms with Gasteiger partial charge in [0, 0.05) is 24.2 Å². The molecule has 0 saturated carbocycles. The molecule has 3 heterocycles. The van der Waals surface area contributed by atoms with Gasteiger partial charge < -0.3 is 25.5 Å². The number of Topliss-reactive ketones (excluding diaryl/α,β-unsaturated/α-hetero) is 1. The van der Waals surface area contributed by atoms with E-state index in [-0.39, 0.29) is 33.9 Å². The summed E-state index contributed by atoms with van der Waals surface area (Å²) in [4.78, 5) is 59.1. The third-order valence-electron chi connectivity index (χ3n) is 5.21. The number of ketones is 1. The molecule has 4 N–H and O–H groups in total. The van der Waals surface area contributed by atoms with E-state index in [0.29, 0.717) is 23.1 Å². The number of rotatable bonds is 11. The monoisotopic (exact) mass is 549 g/mol. The molecule has 16 heteroatoms. The third kappa shape index (κ3) is 6.50. The van der Waals surface area contributed by atoms with Crippen molar-refractivity contribution in [2.24, 2.45) is 5.16 Å². The van der Waals surface area contributed by atoms with Crippen molar-refractivity contribution in [2.75, 3.05) is 45.3 Å². The van der Waals surface area contributed by atoms with E-state index in [1.54, 1.807) is 18.2 Å². The first kappa shape index (κ1) is 27.8. The number of nitriles is 1. The number of hydrogen-bond acceptors (Lipinski definition) is 12. The molecule has 2 aliphatic heterocycles. The minimum Gasteiger partial charge on any atom is -0.477 e. The van der Waals surface area contributed by atoms with Crippen LogP contribution in [0.15, 0.2) is 28.6 Å². The Bertz CT molecular complexity index is 1250. The Labute approximate surface area is 220 Å². The zero-order valence-electron chi connectivity index (χ0n) is 20.2. The molecule has 37 heavy (non-hydrogen) atoms. The first-order valence-corrected chi connectivity index (χ1v) is 12.6. The first-order valence-electron chi connectivity index (χ1n) is 10.8. The molecule has 2 aliphatic rings. The average Bonchev–Trinajstić information content (AvgIpc) is 3.24. The zero-order valence-corrected chi connectivity index (χ0v) is 21.8. The summed E-state index contributed by atoms with van der Waals surface area (Å²) in [6.07, 6.45) is 3.43. The van der Waals surface area contributed by atoms with Gasteiger partial charge in [0.05, 0.1) is 20.6 Å². The summed E-state index contributed by atoms with van der Waals surface area (Å²) in [5, 5.41) is 24.0. The number of likely N-dealkylation sites (N-methyl/N-ethyl adjacent to an activating group) is 1. The molecular weight excluding hydrogens is 524 g/mol. The molecule has 0 bridgehead atoms. The van der Waals surface area contributed by atoms with Crippen molar-refractivity contribution < 1.29 is 33.6 Å². The van der Waals surface area contributed by atoms with Crippen LogP contribution in [0.25, 0.3) is 0 Å². The molecule has 0 unspecified atom stereocenters. The van der Waals surface area contributed by atoms with E-state index < -0.39 is 35.8 Å². The number of allylic oxidation sites excluding steroid dienone is 1. The standard InChI is InChI=1S/C21H24N8O6S2/c1-11(30)9-29(2,3)7-4-5-12-10-36-19-14(18(32)28(19)15(12)20(33)34)24-17(31)13(26-35-8-6-22)16-25-21(23)37-27-16/h4-5,14,19H,7-10H2,1-3H3,(H3-,23,24,25,27,31,33,34)/p+1/t14-,19+/m1/s1. The molecule has 14 nitrogen and oxygen atoms in total. The fourth-order valence-electron chi connectivity index (χ4n) is 3.77. The molecule has 0 radical (unpaired) electrons. The highest BCUT2D eigenvalue weighted by atomic mass is 32.2. The van der Waals surface area contributed by atoms with Gasteiger partial charge in [-0.05, 0) is 11.6 Å². The summed E-state index contributed by atoms with van der Waals surface area (Å²) in [6, 6.07) is 0.679. The second-order valence-electron chi connectivity index (χ2n) is 8.75. The third-order valence-corrected chi connectivity index (χ3v) is 7.05. The fourth-order valence-corrected chi connectivity index (χ4v) is 5.52. The Morgan fingerprint density at radius 2 is 2.16 bits per heavy atom. The van der Waals surface area contributed by atoms with E-state index in [9.17, 15) is 24.3 Å². The quantitative estimate of drug-likeness (QED) is 0.104. The summed E-state index contributed by atoms with van der Waals surface area (Å²) in [5.74, 6) is -2.53. The average molecular weight is 550 g/mol. The van der Waals surface area contributed by atoms with Crippen molar-refractivity contribution in [2.45, 2.75) is 18.3 Å². The Morgan fingerprint density at radius 3 is 2.76 bits per heavy atom. The molecule has 1 saturated heterocycles. The number of hydrogen-bond donors (Lipinski definition) is 3. The number of oxime groups is 1. The van der Waals surface area contributed by atoms with E-state index >= 15 is 0 Å². The number of nitrogens with one attached hydrogen (secondary N) is 1. The van der Waals surface area contributed by atoms with Gasteiger partial charge >= 0.3 is 5.97 Å². The summed E-state index contributed by atoms with van der Waals surface area (Å²) in [6.45, 7) is 1.89. The number of thioether (sulfide) groups is 1. The lowest BCUT2D eigenvalue weighted by molar-refractivity contribution is -0.876. The van der Waals surface area contributed by atoms with Gasteiger partial charge in [-0.2, -0.15) is 14.6 Å². The van der Waals surface area contributed by atoms with Crippen LogP contribution in [-0.4, -0.2) is 104 Å². The van der Waals surface area contributed by atoms with Crippen molar-refractivity contribution in [3.63, 3.8) is 0 Å². The highest BCUT2D eigenvalue weighted by molar-refractivity contribution is 8.00. The maximum atomic E-state index is 12.9. The molecule has 1 fully saturated rings. The van der Waals surface area contributed by atoms with Crippen molar-refractivity contribution in [3.8, 4) is 6.07 Å². The number of carboxylic acids is 1. The molecule has 196 valence electrons. The second-order valence-corrected chi connectivity index (χ2v) is 10.6. The molecule has 3 rings (SSSR count). The normalized spacial score (nSPS) is 19.8. The van der Waals surface area contributed by atoms with Crippen LogP contribution in [0.5, 0.6) is 0 Å². The lowest BCUT2D eigenvalue weighted by Gasteiger charge is -2.49. The maximum absolute atomic E-state index is 12.9. The number of carbonyl (C=O) groups excluding carboxylic acids is 3. The molecule has 1 aromatic rings. The Balaban J connectivity index is 1.76. The van der Waals surface area contributed by atoms with Gasteiger partial charge in [-0.15, -0.1) is 11.8 Å². The topological polar surface area (TPSA) is 201 Å². The number of nitrogens with two attached hydrogens (primary N) is 1. The van der Waals surface area contributed by atoms with Crippen molar-refractivity contribution in [1.29, 1.82) is 5.26 Å². The Kier molecular flexibility index (Phi) is 8.63. The smallest absolute Gasteiger partial charge is 0.352 e. The predicted octanol–water partition coefficient (Wildman–Crippen LogP) is -0.675. The summed E-state index contributed by atoms with van der Waals surface area (Å²) in [5.41, 5.74) is 5.49. The number of nitrogen functional groups attached to an aromatic ring is 1. The Hall–Kier alpha value is -3.81. The minimum absolute atomic E-state index is 0.0398. The van der Waals surface area contributed by atoms with Gasteiger partial charge in [0.25, 0.3) is 11.8 Å². The van der Waals surface area contributed by atoms with Crippen LogP contribution in [0.1, 0.15) is 12.7 Å². The largest absolute Gasteiger partial charge is 0.477 e. The number of nitrogens with zero attached hydrogens (tertiary/aromatic N) is 6. The molecule has 0 spiro atoms. The number of quaternary nitrogens is 1. The van der Waals surface area contributed by atoms with Gasteiger partial charge in [0.1, 0.15) is 29.7 Å². The van der Waals surface area contributed by atoms with Crippen LogP contribution in [0.3, 0.4) is 0 Å². The van der Waals surface area contributed by atoms with E-state index in [2.05, 4.69) is 19.8 Å². The number of β-lactam (4-membered cyclic amide) rings is 1. The van der Waals surface area contributed by atoms with Crippen LogP contribution in [-0.2, 0) is 24.0 Å². The Morgan fingerprint density at radius 1 is 1.43 bits per heavy atom. The maximum Gasteiger partial charge on any atom is 0.352 e. The number of amides is 2. The number of anilines is 1. The summed E-state index contributed by atoms with van der Waals surface area (Å²) >= 11 is 2.11. The second kappa shape index (κ2) is 11.5. The SMILES string of the molecule is CC(=O)C[N+](C)(C)CC=CC1=C(C(=O)O)N2C(=O)[C@@H](NC(=O)C(=NOCC#N)c3nsc(N)n3)[C@@H]2SC1. The highest BCUT2D eigenvalue weighted by Crippen LogP contribution is 2.40. The van der Waals surface area contributed by atoms with E-state index in [1.807, 2.05) is 14.1 Å². The van der Waals surface area contributed by atoms with Crippen LogP contribution in [0, 0.1) is 11.3 Å². The zero-order chi connectivity index (χ0) is 27.3. The van der Waals surface area contributed by atoms with E-state index in [0.717, 1.165) is 16.4 Å².